The van der Waals surface area contributed by atoms with E-state index in [0.717, 1.165) is 63.9 Å². The maximum Gasteiger partial charge on any atom is 0.191 e. The fourth-order valence-corrected chi connectivity index (χ4v) is 2.81. The average molecular weight is 318 g/mol. The summed E-state index contributed by atoms with van der Waals surface area (Å²) in [5.41, 5.74) is 2.68. The molecule has 0 atom stereocenters. The number of nitrogens with zero attached hydrogens (tertiary/aromatic N) is 2. The molecule has 0 amide bonds. The van der Waals surface area contributed by atoms with Gasteiger partial charge in [-0.05, 0) is 36.7 Å². The van der Waals surface area contributed by atoms with Crippen molar-refractivity contribution in [3.8, 4) is 5.75 Å². The molecule has 1 aromatic carbocycles. The minimum absolute atomic E-state index is 0.820. The second kappa shape index (κ2) is 9.40. The van der Waals surface area contributed by atoms with Crippen molar-refractivity contribution >= 4 is 5.96 Å². The monoisotopic (exact) mass is 318 g/mol. The van der Waals surface area contributed by atoms with Gasteiger partial charge in [-0.25, -0.2) is 0 Å². The zero-order chi connectivity index (χ0) is 16.5. The number of fused-ring (bicyclic) bond motifs is 1. The Labute approximate surface area is 140 Å². The molecule has 2 N–H and O–H groups in total. The fraction of sp³-hybridized carbons (Fsp3) is 0.611. The normalized spacial score (nSPS) is 13.8. The van der Waals surface area contributed by atoms with Gasteiger partial charge in [0.15, 0.2) is 5.96 Å². The first-order valence-electron chi connectivity index (χ1n) is 8.68. The summed E-state index contributed by atoms with van der Waals surface area (Å²) in [5, 5.41) is 6.76. The van der Waals surface area contributed by atoms with Crippen LogP contribution in [0.25, 0.3) is 0 Å². The summed E-state index contributed by atoms with van der Waals surface area (Å²) in [6, 6.07) is 6.51. The molecule has 0 aromatic heterocycles. The Bertz CT molecular complexity index is 512. The third-order valence-electron chi connectivity index (χ3n) is 4.30. The van der Waals surface area contributed by atoms with E-state index in [4.69, 9.17) is 4.74 Å². The lowest BCUT2D eigenvalue weighted by atomic mass is 10.1. The summed E-state index contributed by atoms with van der Waals surface area (Å²) < 4.78 is 5.55. The van der Waals surface area contributed by atoms with Crippen molar-refractivity contribution in [2.45, 2.75) is 26.7 Å². The topological polar surface area (TPSA) is 48.9 Å². The summed E-state index contributed by atoms with van der Waals surface area (Å²) in [4.78, 5) is 6.68. The molecule has 1 heterocycles. The van der Waals surface area contributed by atoms with Gasteiger partial charge in [-0.2, -0.15) is 0 Å². The van der Waals surface area contributed by atoms with Gasteiger partial charge in [0.05, 0.1) is 6.61 Å². The molecule has 0 fully saturated rings. The SMILES string of the molecule is CCN(CC)CCNC(=NC)NCCc1ccc2c(c1)CCO2. The van der Waals surface area contributed by atoms with Crippen LogP contribution in [0.5, 0.6) is 5.75 Å². The summed E-state index contributed by atoms with van der Waals surface area (Å²) >= 11 is 0. The highest BCUT2D eigenvalue weighted by atomic mass is 16.5. The lowest BCUT2D eigenvalue weighted by molar-refractivity contribution is 0.308. The van der Waals surface area contributed by atoms with Crippen LogP contribution in [0.2, 0.25) is 0 Å². The van der Waals surface area contributed by atoms with E-state index in [1.165, 1.54) is 11.1 Å². The molecule has 128 valence electrons. The predicted octanol–water partition coefficient (Wildman–Crippen LogP) is 1.67. The molecule has 1 aliphatic heterocycles. The van der Waals surface area contributed by atoms with Gasteiger partial charge >= 0.3 is 0 Å². The second-order valence-corrected chi connectivity index (χ2v) is 5.74. The highest BCUT2D eigenvalue weighted by molar-refractivity contribution is 5.79. The zero-order valence-electron chi connectivity index (χ0n) is 14.7. The molecule has 0 bridgehead atoms. The fourth-order valence-electron chi connectivity index (χ4n) is 2.81. The molecule has 0 saturated carbocycles. The van der Waals surface area contributed by atoms with E-state index in [-0.39, 0.29) is 0 Å². The second-order valence-electron chi connectivity index (χ2n) is 5.74. The number of nitrogens with one attached hydrogen (secondary N) is 2. The van der Waals surface area contributed by atoms with Crippen LogP contribution in [0.3, 0.4) is 0 Å². The standard InChI is InChI=1S/C18H30N4O/c1-4-22(5-2)12-11-21-18(19-3)20-10-8-15-6-7-17-16(14-15)9-13-23-17/h6-7,14H,4-5,8-13H2,1-3H3,(H2,19,20,21). The van der Waals surface area contributed by atoms with Crippen LogP contribution in [0.4, 0.5) is 0 Å². The van der Waals surface area contributed by atoms with Gasteiger partial charge in [0, 0.05) is 33.1 Å². The molecule has 5 heteroatoms. The lowest BCUT2D eigenvalue weighted by Gasteiger charge is -2.19. The quantitative estimate of drug-likeness (QED) is 0.565. The van der Waals surface area contributed by atoms with E-state index in [1.807, 2.05) is 7.05 Å². The van der Waals surface area contributed by atoms with E-state index in [9.17, 15) is 0 Å². The molecule has 23 heavy (non-hydrogen) atoms. The first-order chi connectivity index (χ1) is 11.3. The summed E-state index contributed by atoms with van der Waals surface area (Å²) in [5.74, 6) is 1.93. The van der Waals surface area contributed by atoms with Gasteiger partial charge in [-0.1, -0.05) is 26.0 Å². The first kappa shape index (κ1) is 17.6. The number of hydrogen-bond acceptors (Lipinski definition) is 3. The van der Waals surface area contributed by atoms with Crippen LogP contribution in [0.15, 0.2) is 23.2 Å². The number of aliphatic imine (C=N–C) groups is 1. The number of benzene rings is 1. The summed E-state index contributed by atoms with van der Waals surface area (Å²) in [6.45, 7) is 10.2. The van der Waals surface area contributed by atoms with Gasteiger partial charge in [0.25, 0.3) is 0 Å². The van der Waals surface area contributed by atoms with E-state index >= 15 is 0 Å². The van der Waals surface area contributed by atoms with Gasteiger partial charge in [0.1, 0.15) is 5.75 Å². The van der Waals surface area contributed by atoms with Crippen molar-refractivity contribution in [3.05, 3.63) is 29.3 Å². The molecule has 1 aliphatic rings. The summed E-state index contributed by atoms with van der Waals surface area (Å²) in [7, 11) is 1.82. The Balaban J connectivity index is 1.69. The predicted molar refractivity (Wildman–Crippen MR) is 96.5 cm³/mol. The van der Waals surface area contributed by atoms with Crippen LogP contribution < -0.4 is 15.4 Å². The van der Waals surface area contributed by atoms with Crippen molar-refractivity contribution < 1.29 is 4.74 Å². The zero-order valence-corrected chi connectivity index (χ0v) is 14.7. The third kappa shape index (κ3) is 5.43. The smallest absolute Gasteiger partial charge is 0.191 e. The molecule has 0 unspecified atom stereocenters. The van der Waals surface area contributed by atoms with Crippen LogP contribution in [-0.2, 0) is 12.8 Å². The maximum absolute atomic E-state index is 5.55. The van der Waals surface area contributed by atoms with Gasteiger partial charge in [-0.3, -0.25) is 4.99 Å². The molecular formula is C18H30N4O. The molecular weight excluding hydrogens is 288 g/mol. The van der Waals surface area contributed by atoms with Crippen molar-refractivity contribution in [3.63, 3.8) is 0 Å². The number of ether oxygens (including phenoxy) is 1. The van der Waals surface area contributed by atoms with E-state index in [2.05, 4.69) is 52.6 Å². The van der Waals surface area contributed by atoms with E-state index < -0.39 is 0 Å². The van der Waals surface area contributed by atoms with E-state index in [0.29, 0.717) is 0 Å². The Hall–Kier alpha value is -1.75. The highest BCUT2D eigenvalue weighted by Gasteiger charge is 2.11. The number of guanidine groups is 1. The van der Waals surface area contributed by atoms with Gasteiger partial charge in [-0.15, -0.1) is 0 Å². The molecule has 0 saturated heterocycles. The minimum Gasteiger partial charge on any atom is -0.493 e. The Morgan fingerprint density at radius 1 is 1.22 bits per heavy atom. The molecule has 0 spiro atoms. The average Bonchev–Trinajstić information content (AvgIpc) is 3.05. The Morgan fingerprint density at radius 3 is 2.74 bits per heavy atom. The number of rotatable bonds is 8. The first-order valence-corrected chi connectivity index (χ1v) is 8.68. The van der Waals surface area contributed by atoms with Crippen molar-refractivity contribution in [2.75, 3.05) is 46.4 Å². The third-order valence-corrected chi connectivity index (χ3v) is 4.30. The molecule has 0 radical (unpaired) electrons. The van der Waals surface area contributed by atoms with Crippen LogP contribution >= 0.6 is 0 Å². The Kier molecular flexibility index (Phi) is 7.20. The summed E-state index contributed by atoms with van der Waals surface area (Å²) in [6.07, 6.45) is 2.02. The van der Waals surface area contributed by atoms with Crippen molar-refractivity contribution in [1.82, 2.24) is 15.5 Å². The highest BCUT2D eigenvalue weighted by Crippen LogP contribution is 2.25. The minimum atomic E-state index is 0.820. The van der Waals surface area contributed by atoms with E-state index in [1.54, 1.807) is 0 Å². The number of likely N-dealkylation sites (N-methyl/N-ethyl adjacent to an activating group) is 1. The molecule has 1 aromatic rings. The van der Waals surface area contributed by atoms with Crippen LogP contribution in [-0.4, -0.2) is 57.2 Å². The molecule has 0 aliphatic carbocycles. The maximum atomic E-state index is 5.55. The largest absolute Gasteiger partial charge is 0.493 e. The molecule has 5 nitrogen and oxygen atoms in total. The van der Waals surface area contributed by atoms with Gasteiger partial charge < -0.3 is 20.3 Å². The van der Waals surface area contributed by atoms with Gasteiger partial charge in [0.2, 0.25) is 0 Å². The van der Waals surface area contributed by atoms with Crippen LogP contribution in [0, 0.1) is 0 Å². The molecule has 2 rings (SSSR count). The Morgan fingerprint density at radius 2 is 2.00 bits per heavy atom. The lowest BCUT2D eigenvalue weighted by Crippen LogP contribution is -2.42. The van der Waals surface area contributed by atoms with Crippen LogP contribution in [0.1, 0.15) is 25.0 Å². The van der Waals surface area contributed by atoms with Crippen molar-refractivity contribution in [2.24, 2.45) is 4.99 Å². The number of hydrogen-bond donors (Lipinski definition) is 2. The van der Waals surface area contributed by atoms with Crippen molar-refractivity contribution in [1.29, 1.82) is 0 Å².